The van der Waals surface area contributed by atoms with E-state index in [9.17, 15) is 4.79 Å². The van der Waals surface area contributed by atoms with E-state index in [1.165, 1.54) is 0 Å². The molecule has 1 aromatic heterocycles. The van der Waals surface area contributed by atoms with Gasteiger partial charge < -0.3 is 4.74 Å². The summed E-state index contributed by atoms with van der Waals surface area (Å²) in [6.07, 6.45) is 3.32. The molecule has 2 rings (SSSR count). The van der Waals surface area contributed by atoms with Gasteiger partial charge in [-0.05, 0) is 37.6 Å². The molecular formula is C15H15NO2. The van der Waals surface area contributed by atoms with Crippen molar-refractivity contribution in [2.24, 2.45) is 0 Å². The fourth-order valence-corrected chi connectivity index (χ4v) is 1.74. The van der Waals surface area contributed by atoms with Crippen LogP contribution in [0.1, 0.15) is 28.4 Å². The third-order valence-corrected chi connectivity index (χ3v) is 2.54. The molecule has 0 N–H and O–H groups in total. The van der Waals surface area contributed by atoms with Gasteiger partial charge in [0.2, 0.25) is 0 Å². The number of ketones is 1. The van der Waals surface area contributed by atoms with E-state index in [0.717, 1.165) is 5.56 Å². The van der Waals surface area contributed by atoms with Crippen LogP contribution in [-0.4, -0.2) is 17.4 Å². The molecular weight excluding hydrogens is 226 g/mol. The minimum absolute atomic E-state index is 0.0345. The van der Waals surface area contributed by atoms with Crippen LogP contribution in [0.15, 0.2) is 42.7 Å². The lowest BCUT2D eigenvalue weighted by molar-refractivity contribution is 0.103. The zero-order valence-corrected chi connectivity index (χ0v) is 10.5. The molecule has 0 spiro atoms. The molecule has 0 amide bonds. The fraction of sp³-hybridized carbons (Fsp3) is 0.200. The van der Waals surface area contributed by atoms with Gasteiger partial charge in [0.05, 0.1) is 6.61 Å². The number of aryl methyl sites for hydroxylation is 1. The average molecular weight is 241 g/mol. The maximum absolute atomic E-state index is 12.3. The van der Waals surface area contributed by atoms with E-state index in [0.29, 0.717) is 23.5 Å². The van der Waals surface area contributed by atoms with Gasteiger partial charge in [-0.3, -0.25) is 9.78 Å². The Morgan fingerprint density at radius 3 is 2.78 bits per heavy atom. The molecule has 3 heteroatoms. The lowest BCUT2D eigenvalue weighted by Crippen LogP contribution is -2.03. The molecule has 0 atom stereocenters. The van der Waals surface area contributed by atoms with Crippen LogP contribution < -0.4 is 4.74 Å². The summed E-state index contributed by atoms with van der Waals surface area (Å²) in [5, 5.41) is 0. The highest BCUT2D eigenvalue weighted by Crippen LogP contribution is 2.16. The van der Waals surface area contributed by atoms with Crippen LogP contribution in [-0.2, 0) is 0 Å². The van der Waals surface area contributed by atoms with Crippen molar-refractivity contribution in [3.05, 3.63) is 59.4 Å². The van der Waals surface area contributed by atoms with Crippen LogP contribution in [0, 0.1) is 6.92 Å². The minimum Gasteiger partial charge on any atom is -0.494 e. The predicted octanol–water partition coefficient (Wildman–Crippen LogP) is 3.02. The molecule has 92 valence electrons. The molecule has 0 radical (unpaired) electrons. The molecule has 0 saturated carbocycles. The summed E-state index contributed by atoms with van der Waals surface area (Å²) in [5.74, 6) is 0.678. The van der Waals surface area contributed by atoms with Crippen molar-refractivity contribution >= 4 is 5.78 Å². The van der Waals surface area contributed by atoms with Crippen molar-refractivity contribution in [2.75, 3.05) is 6.61 Å². The normalized spacial score (nSPS) is 10.1. The Morgan fingerprint density at radius 1 is 1.22 bits per heavy atom. The van der Waals surface area contributed by atoms with Gasteiger partial charge in [-0.2, -0.15) is 0 Å². The van der Waals surface area contributed by atoms with Gasteiger partial charge in [-0.15, -0.1) is 0 Å². The van der Waals surface area contributed by atoms with E-state index >= 15 is 0 Å². The molecule has 2 aromatic rings. The Kier molecular flexibility index (Phi) is 3.72. The quantitative estimate of drug-likeness (QED) is 0.772. The smallest absolute Gasteiger partial charge is 0.194 e. The molecule has 0 unspecified atom stereocenters. The molecule has 0 bridgehead atoms. The van der Waals surface area contributed by atoms with Crippen molar-refractivity contribution < 1.29 is 9.53 Å². The first-order valence-corrected chi connectivity index (χ1v) is 5.90. The standard InChI is InChI=1S/C15H15NO2/c1-3-18-14-6-4-5-12(8-14)15(17)13-7-11(2)9-16-10-13/h4-10H,3H2,1-2H3. The van der Waals surface area contributed by atoms with E-state index in [4.69, 9.17) is 4.74 Å². The van der Waals surface area contributed by atoms with Crippen molar-refractivity contribution in [1.29, 1.82) is 0 Å². The number of pyridine rings is 1. The molecule has 1 heterocycles. The third-order valence-electron chi connectivity index (χ3n) is 2.54. The Balaban J connectivity index is 2.31. The van der Waals surface area contributed by atoms with Crippen molar-refractivity contribution in [3.8, 4) is 5.75 Å². The lowest BCUT2D eigenvalue weighted by Gasteiger charge is -2.05. The van der Waals surface area contributed by atoms with Gasteiger partial charge in [-0.25, -0.2) is 0 Å². The topological polar surface area (TPSA) is 39.2 Å². The molecule has 1 aromatic carbocycles. The van der Waals surface area contributed by atoms with Gasteiger partial charge in [0, 0.05) is 23.5 Å². The first-order chi connectivity index (χ1) is 8.70. The van der Waals surface area contributed by atoms with Crippen LogP contribution in [0.25, 0.3) is 0 Å². The summed E-state index contributed by atoms with van der Waals surface area (Å²) in [6.45, 7) is 4.42. The highest BCUT2D eigenvalue weighted by Gasteiger charge is 2.10. The monoisotopic (exact) mass is 241 g/mol. The number of benzene rings is 1. The summed E-state index contributed by atoms with van der Waals surface area (Å²) in [5.41, 5.74) is 2.19. The molecule has 0 fully saturated rings. The van der Waals surface area contributed by atoms with Gasteiger partial charge >= 0.3 is 0 Å². The second-order valence-electron chi connectivity index (χ2n) is 4.04. The van der Waals surface area contributed by atoms with E-state index in [1.54, 1.807) is 24.5 Å². The average Bonchev–Trinajstić information content (AvgIpc) is 2.39. The minimum atomic E-state index is -0.0345. The Morgan fingerprint density at radius 2 is 2.06 bits per heavy atom. The maximum Gasteiger partial charge on any atom is 0.194 e. The zero-order chi connectivity index (χ0) is 13.0. The summed E-state index contributed by atoms with van der Waals surface area (Å²) in [6, 6.07) is 9.04. The van der Waals surface area contributed by atoms with Crippen molar-refractivity contribution in [2.45, 2.75) is 13.8 Å². The molecule has 3 nitrogen and oxygen atoms in total. The number of ether oxygens (including phenoxy) is 1. The summed E-state index contributed by atoms with van der Waals surface area (Å²) in [7, 11) is 0. The molecule has 18 heavy (non-hydrogen) atoms. The summed E-state index contributed by atoms with van der Waals surface area (Å²) < 4.78 is 5.39. The number of hydrogen-bond acceptors (Lipinski definition) is 3. The number of carbonyl (C=O) groups excluding carboxylic acids is 1. The van der Waals surface area contributed by atoms with E-state index in [2.05, 4.69) is 4.98 Å². The first kappa shape index (κ1) is 12.3. The Labute approximate surface area is 106 Å². The lowest BCUT2D eigenvalue weighted by atomic mass is 10.0. The Bertz CT molecular complexity index is 564. The van der Waals surface area contributed by atoms with Crippen LogP contribution >= 0.6 is 0 Å². The molecule has 0 aliphatic heterocycles. The van der Waals surface area contributed by atoms with E-state index < -0.39 is 0 Å². The zero-order valence-electron chi connectivity index (χ0n) is 10.5. The van der Waals surface area contributed by atoms with Gasteiger partial charge in [-0.1, -0.05) is 12.1 Å². The number of aromatic nitrogens is 1. The van der Waals surface area contributed by atoms with Crippen LogP contribution in [0.2, 0.25) is 0 Å². The van der Waals surface area contributed by atoms with E-state index in [1.807, 2.05) is 32.0 Å². The highest BCUT2D eigenvalue weighted by atomic mass is 16.5. The molecule has 0 aliphatic carbocycles. The van der Waals surface area contributed by atoms with Crippen LogP contribution in [0.3, 0.4) is 0 Å². The van der Waals surface area contributed by atoms with Crippen LogP contribution in [0.4, 0.5) is 0 Å². The summed E-state index contributed by atoms with van der Waals surface area (Å²) in [4.78, 5) is 16.3. The molecule has 0 saturated heterocycles. The predicted molar refractivity (Wildman–Crippen MR) is 70.0 cm³/mol. The number of nitrogens with zero attached hydrogens (tertiary/aromatic N) is 1. The maximum atomic E-state index is 12.3. The summed E-state index contributed by atoms with van der Waals surface area (Å²) >= 11 is 0. The van der Waals surface area contributed by atoms with Crippen molar-refractivity contribution in [3.63, 3.8) is 0 Å². The second kappa shape index (κ2) is 5.45. The Hall–Kier alpha value is -2.16. The SMILES string of the molecule is CCOc1cccc(C(=O)c2cncc(C)c2)c1. The first-order valence-electron chi connectivity index (χ1n) is 5.90. The van der Waals surface area contributed by atoms with Gasteiger partial charge in [0.1, 0.15) is 5.75 Å². The second-order valence-corrected chi connectivity index (χ2v) is 4.04. The largest absolute Gasteiger partial charge is 0.494 e. The fourth-order valence-electron chi connectivity index (χ4n) is 1.74. The number of carbonyl (C=O) groups is 1. The van der Waals surface area contributed by atoms with Gasteiger partial charge in [0.15, 0.2) is 5.78 Å². The van der Waals surface area contributed by atoms with Crippen molar-refractivity contribution in [1.82, 2.24) is 4.98 Å². The number of rotatable bonds is 4. The highest BCUT2D eigenvalue weighted by molar-refractivity contribution is 6.09. The third kappa shape index (κ3) is 2.74. The number of hydrogen-bond donors (Lipinski definition) is 0. The van der Waals surface area contributed by atoms with Crippen LogP contribution in [0.5, 0.6) is 5.75 Å². The molecule has 0 aliphatic rings. The van der Waals surface area contributed by atoms with E-state index in [-0.39, 0.29) is 5.78 Å². The van der Waals surface area contributed by atoms with Gasteiger partial charge in [0.25, 0.3) is 0 Å².